The van der Waals surface area contributed by atoms with Gasteiger partial charge >= 0.3 is 0 Å². The molecule has 0 aromatic carbocycles. The predicted molar refractivity (Wildman–Crippen MR) is 71.0 cm³/mol. The molecule has 1 amide bonds. The first-order valence-corrected chi connectivity index (χ1v) is 7.08. The molecule has 1 atom stereocenters. The number of hydrogen-bond acceptors (Lipinski definition) is 3. The van der Waals surface area contributed by atoms with Crippen molar-refractivity contribution in [2.45, 2.75) is 39.2 Å². The third kappa shape index (κ3) is 3.30. The molecule has 1 aliphatic rings. The van der Waals surface area contributed by atoms with Gasteiger partial charge in [-0.15, -0.1) is 11.3 Å². The highest BCUT2D eigenvalue weighted by atomic mass is 32.1. The summed E-state index contributed by atoms with van der Waals surface area (Å²) in [7, 11) is 0. The zero-order chi connectivity index (χ0) is 12.3. The fourth-order valence-corrected chi connectivity index (χ4v) is 3.34. The molecule has 94 valence electrons. The van der Waals surface area contributed by atoms with Gasteiger partial charge in [0.1, 0.15) is 0 Å². The summed E-state index contributed by atoms with van der Waals surface area (Å²) in [6.45, 7) is 3.24. The van der Waals surface area contributed by atoms with Crippen molar-refractivity contribution in [1.29, 1.82) is 0 Å². The molecule has 1 aliphatic carbocycles. The zero-order valence-corrected chi connectivity index (χ0v) is 11.1. The quantitative estimate of drug-likeness (QED) is 0.840. The molecule has 0 radical (unpaired) electrons. The lowest BCUT2D eigenvalue weighted by molar-refractivity contribution is -0.122. The maximum Gasteiger partial charge on any atom is 0.220 e. The van der Waals surface area contributed by atoms with Gasteiger partial charge in [0.25, 0.3) is 0 Å². The largest absolute Gasteiger partial charge is 0.351 e. The molecule has 0 bridgehead atoms. The van der Waals surface area contributed by atoms with Crippen molar-refractivity contribution in [3.63, 3.8) is 0 Å². The van der Waals surface area contributed by atoms with Crippen molar-refractivity contribution in [3.05, 3.63) is 21.4 Å². The Morgan fingerprint density at radius 3 is 3.12 bits per heavy atom. The molecule has 17 heavy (non-hydrogen) atoms. The van der Waals surface area contributed by atoms with Crippen LogP contribution < -0.4 is 11.1 Å². The molecule has 1 heterocycles. The number of carbonyl (C=O) groups is 1. The topological polar surface area (TPSA) is 55.1 Å². The maximum absolute atomic E-state index is 11.6. The smallest absolute Gasteiger partial charge is 0.220 e. The number of rotatable bonds is 5. The number of amides is 1. The second-order valence-electron chi connectivity index (χ2n) is 4.84. The molecule has 1 unspecified atom stereocenters. The number of aryl methyl sites for hydroxylation is 2. The highest BCUT2D eigenvalue weighted by Crippen LogP contribution is 2.30. The zero-order valence-electron chi connectivity index (χ0n) is 10.3. The van der Waals surface area contributed by atoms with E-state index in [0.717, 1.165) is 0 Å². The van der Waals surface area contributed by atoms with E-state index in [1.165, 1.54) is 34.6 Å². The van der Waals surface area contributed by atoms with Crippen molar-refractivity contribution in [1.82, 2.24) is 5.32 Å². The van der Waals surface area contributed by atoms with E-state index in [4.69, 9.17) is 5.73 Å². The predicted octanol–water partition coefficient (Wildman–Crippen LogP) is 1.84. The van der Waals surface area contributed by atoms with Crippen LogP contribution in [0.15, 0.2) is 6.07 Å². The summed E-state index contributed by atoms with van der Waals surface area (Å²) in [5.74, 6) is 0.375. The second-order valence-corrected chi connectivity index (χ2v) is 6.06. The van der Waals surface area contributed by atoms with Crippen molar-refractivity contribution in [2.24, 2.45) is 11.7 Å². The van der Waals surface area contributed by atoms with Gasteiger partial charge in [-0.1, -0.05) is 6.92 Å². The summed E-state index contributed by atoms with van der Waals surface area (Å²) in [5, 5.41) is 2.97. The molecule has 3 nitrogen and oxygen atoms in total. The second kappa shape index (κ2) is 5.65. The molecular weight excluding hydrogens is 232 g/mol. The minimum atomic E-state index is 0.108. The molecular formula is C13H20N2OS. The van der Waals surface area contributed by atoms with Gasteiger partial charge in [-0.2, -0.15) is 0 Å². The summed E-state index contributed by atoms with van der Waals surface area (Å²) in [5.41, 5.74) is 6.99. The number of hydrogen-bond donors (Lipinski definition) is 2. The molecule has 0 aliphatic heterocycles. The van der Waals surface area contributed by atoms with Gasteiger partial charge in [-0.05, 0) is 43.4 Å². The molecule has 0 fully saturated rings. The van der Waals surface area contributed by atoms with E-state index in [9.17, 15) is 4.79 Å². The Kier molecular flexibility index (Phi) is 4.18. The number of nitrogens with one attached hydrogen (secondary N) is 1. The Labute approximate surface area is 106 Å². The molecule has 0 saturated carbocycles. The van der Waals surface area contributed by atoms with Gasteiger partial charge in [0.2, 0.25) is 5.91 Å². The van der Waals surface area contributed by atoms with E-state index >= 15 is 0 Å². The summed E-state index contributed by atoms with van der Waals surface area (Å²) in [4.78, 5) is 14.4. The van der Waals surface area contributed by atoms with Gasteiger partial charge in [0, 0.05) is 16.2 Å². The van der Waals surface area contributed by atoms with E-state index in [1.807, 2.05) is 18.3 Å². The number of fused-ring (bicyclic) bond motifs is 1. The summed E-state index contributed by atoms with van der Waals surface area (Å²) >= 11 is 1.85. The van der Waals surface area contributed by atoms with Crippen LogP contribution in [0.3, 0.4) is 0 Å². The summed E-state index contributed by atoms with van der Waals surface area (Å²) in [6, 6.07) is 2.25. The van der Waals surface area contributed by atoms with Crippen LogP contribution >= 0.6 is 11.3 Å². The van der Waals surface area contributed by atoms with Crippen molar-refractivity contribution >= 4 is 17.2 Å². The fraction of sp³-hybridized carbons (Fsp3) is 0.615. The standard InChI is InChI=1S/C13H20N2OS/c1-9(7-14)5-13(16)15-8-11-6-10-3-2-4-12(10)17-11/h6,9H,2-5,7-8,14H2,1H3,(H,15,16). The van der Waals surface area contributed by atoms with Crippen LogP contribution in [0.1, 0.15) is 35.1 Å². The summed E-state index contributed by atoms with van der Waals surface area (Å²) in [6.07, 6.45) is 4.26. The Balaban J connectivity index is 1.79. The van der Waals surface area contributed by atoms with Crippen LogP contribution in [-0.2, 0) is 24.2 Å². The van der Waals surface area contributed by atoms with E-state index in [1.54, 1.807) is 0 Å². The molecule has 0 saturated heterocycles. The van der Waals surface area contributed by atoms with E-state index in [0.29, 0.717) is 19.5 Å². The number of thiophene rings is 1. The number of nitrogens with two attached hydrogens (primary N) is 1. The fourth-order valence-electron chi connectivity index (χ4n) is 2.14. The van der Waals surface area contributed by atoms with Crippen molar-refractivity contribution in [3.8, 4) is 0 Å². The first kappa shape index (κ1) is 12.6. The van der Waals surface area contributed by atoms with Gasteiger partial charge in [0.15, 0.2) is 0 Å². The monoisotopic (exact) mass is 252 g/mol. The van der Waals surface area contributed by atoms with Gasteiger partial charge in [0.05, 0.1) is 6.54 Å². The minimum absolute atomic E-state index is 0.108. The van der Waals surface area contributed by atoms with Crippen LogP contribution in [0.2, 0.25) is 0 Å². The van der Waals surface area contributed by atoms with Crippen LogP contribution in [0, 0.1) is 5.92 Å². The van der Waals surface area contributed by atoms with Crippen molar-refractivity contribution in [2.75, 3.05) is 6.54 Å². The maximum atomic E-state index is 11.6. The number of carbonyl (C=O) groups excluding carboxylic acids is 1. The lowest BCUT2D eigenvalue weighted by Gasteiger charge is -2.08. The lowest BCUT2D eigenvalue weighted by atomic mass is 10.1. The first-order chi connectivity index (χ1) is 8.19. The SMILES string of the molecule is CC(CN)CC(=O)NCc1cc2c(s1)CCC2. The van der Waals surface area contributed by atoms with Crippen molar-refractivity contribution < 1.29 is 4.79 Å². The Morgan fingerprint density at radius 2 is 2.41 bits per heavy atom. The van der Waals surface area contributed by atoms with Crippen LogP contribution in [0.25, 0.3) is 0 Å². The minimum Gasteiger partial charge on any atom is -0.351 e. The van der Waals surface area contributed by atoms with Gasteiger partial charge in [-0.3, -0.25) is 4.79 Å². The lowest BCUT2D eigenvalue weighted by Crippen LogP contribution is -2.26. The highest BCUT2D eigenvalue weighted by Gasteiger charge is 2.15. The molecule has 4 heteroatoms. The van der Waals surface area contributed by atoms with E-state index in [2.05, 4.69) is 11.4 Å². The third-order valence-corrected chi connectivity index (χ3v) is 4.43. The molecule has 1 aromatic heterocycles. The van der Waals surface area contributed by atoms with E-state index < -0.39 is 0 Å². The first-order valence-electron chi connectivity index (χ1n) is 6.26. The normalized spacial score (nSPS) is 15.6. The average Bonchev–Trinajstić information content (AvgIpc) is 2.86. The Bertz CT molecular complexity index is 379. The van der Waals surface area contributed by atoms with E-state index in [-0.39, 0.29) is 11.8 Å². The van der Waals surface area contributed by atoms with Crippen LogP contribution in [0.5, 0.6) is 0 Å². The average molecular weight is 252 g/mol. The Hall–Kier alpha value is -0.870. The molecule has 3 N–H and O–H groups in total. The molecule has 1 aromatic rings. The molecule has 2 rings (SSSR count). The van der Waals surface area contributed by atoms with Crippen LogP contribution in [-0.4, -0.2) is 12.5 Å². The Morgan fingerprint density at radius 1 is 1.59 bits per heavy atom. The van der Waals surface area contributed by atoms with Gasteiger partial charge in [-0.25, -0.2) is 0 Å². The highest BCUT2D eigenvalue weighted by molar-refractivity contribution is 7.12. The third-order valence-electron chi connectivity index (χ3n) is 3.19. The van der Waals surface area contributed by atoms with Crippen LogP contribution in [0.4, 0.5) is 0 Å². The summed E-state index contributed by atoms with van der Waals surface area (Å²) < 4.78 is 0. The van der Waals surface area contributed by atoms with Gasteiger partial charge < -0.3 is 11.1 Å². The molecule has 0 spiro atoms.